The molecule has 0 aliphatic carbocycles. The number of likely N-dealkylation sites (tertiary alicyclic amines) is 1. The standard InChI is InChI=1S/C20H25N3O2/c1-15-21-14-17(24-15)8-13-23-11-6-16(7-12-23)25-20-5-3-4-19-18(20)9-10-22(19)2/h3-5,9-10,14,16H,6-8,11-13H2,1-2H3. The number of nitrogens with zero attached hydrogens (tertiary/aromatic N) is 3. The lowest BCUT2D eigenvalue weighted by atomic mass is 10.1. The molecule has 0 spiro atoms. The summed E-state index contributed by atoms with van der Waals surface area (Å²) in [4.78, 5) is 6.65. The van der Waals surface area contributed by atoms with E-state index in [9.17, 15) is 0 Å². The zero-order chi connectivity index (χ0) is 17.2. The van der Waals surface area contributed by atoms with E-state index in [4.69, 9.17) is 9.15 Å². The molecule has 0 unspecified atom stereocenters. The Morgan fingerprint density at radius 2 is 2.08 bits per heavy atom. The largest absolute Gasteiger partial charge is 0.490 e. The van der Waals surface area contributed by atoms with Gasteiger partial charge in [0.15, 0.2) is 5.89 Å². The topological polar surface area (TPSA) is 43.4 Å². The van der Waals surface area contributed by atoms with Crippen molar-refractivity contribution in [2.45, 2.75) is 32.3 Å². The molecular formula is C20H25N3O2. The summed E-state index contributed by atoms with van der Waals surface area (Å²) >= 11 is 0. The lowest BCUT2D eigenvalue weighted by Crippen LogP contribution is -2.39. The molecule has 25 heavy (non-hydrogen) atoms. The van der Waals surface area contributed by atoms with Gasteiger partial charge in [-0.25, -0.2) is 4.98 Å². The van der Waals surface area contributed by atoms with Gasteiger partial charge in [-0.2, -0.15) is 0 Å². The van der Waals surface area contributed by atoms with E-state index in [0.29, 0.717) is 6.10 Å². The van der Waals surface area contributed by atoms with Gasteiger partial charge in [-0.3, -0.25) is 0 Å². The number of ether oxygens (including phenoxy) is 1. The highest BCUT2D eigenvalue weighted by molar-refractivity contribution is 5.86. The van der Waals surface area contributed by atoms with Crippen molar-refractivity contribution in [1.29, 1.82) is 0 Å². The Hall–Kier alpha value is -2.27. The summed E-state index contributed by atoms with van der Waals surface area (Å²) < 4.78 is 14.0. The van der Waals surface area contributed by atoms with Crippen LogP contribution >= 0.6 is 0 Å². The fourth-order valence-electron chi connectivity index (χ4n) is 3.60. The van der Waals surface area contributed by atoms with Crippen molar-refractivity contribution in [3.05, 3.63) is 48.3 Å². The van der Waals surface area contributed by atoms with E-state index >= 15 is 0 Å². The molecule has 4 rings (SSSR count). The van der Waals surface area contributed by atoms with Crippen LogP contribution in [0.2, 0.25) is 0 Å². The van der Waals surface area contributed by atoms with Gasteiger partial charge in [0, 0.05) is 51.6 Å². The quantitative estimate of drug-likeness (QED) is 0.713. The monoisotopic (exact) mass is 339 g/mol. The van der Waals surface area contributed by atoms with E-state index in [1.54, 1.807) is 0 Å². The first kappa shape index (κ1) is 16.2. The van der Waals surface area contributed by atoms with Crippen molar-refractivity contribution < 1.29 is 9.15 Å². The van der Waals surface area contributed by atoms with Crippen LogP contribution in [-0.4, -0.2) is 40.2 Å². The molecular weight excluding hydrogens is 314 g/mol. The van der Waals surface area contributed by atoms with Crippen LogP contribution in [0.15, 0.2) is 41.1 Å². The molecule has 2 aromatic heterocycles. The number of aryl methyl sites for hydroxylation is 2. The number of hydrogen-bond acceptors (Lipinski definition) is 4. The summed E-state index contributed by atoms with van der Waals surface area (Å²) in [6, 6.07) is 8.43. The Kier molecular flexibility index (Phi) is 4.49. The molecule has 0 bridgehead atoms. The van der Waals surface area contributed by atoms with Crippen LogP contribution in [-0.2, 0) is 13.5 Å². The van der Waals surface area contributed by atoms with Gasteiger partial charge in [0.1, 0.15) is 17.6 Å². The Morgan fingerprint density at radius 1 is 1.24 bits per heavy atom. The molecule has 0 amide bonds. The van der Waals surface area contributed by atoms with Crippen molar-refractivity contribution >= 4 is 10.9 Å². The maximum absolute atomic E-state index is 6.33. The van der Waals surface area contributed by atoms with Crippen LogP contribution in [0.4, 0.5) is 0 Å². The van der Waals surface area contributed by atoms with Crippen LogP contribution in [0.1, 0.15) is 24.5 Å². The fourth-order valence-corrected chi connectivity index (χ4v) is 3.60. The first-order valence-electron chi connectivity index (χ1n) is 9.03. The zero-order valence-corrected chi connectivity index (χ0v) is 14.9. The first-order chi connectivity index (χ1) is 12.2. The molecule has 0 N–H and O–H groups in total. The molecule has 0 saturated carbocycles. The maximum Gasteiger partial charge on any atom is 0.191 e. The molecule has 3 heterocycles. The number of piperidine rings is 1. The minimum Gasteiger partial charge on any atom is -0.490 e. The zero-order valence-electron chi connectivity index (χ0n) is 14.9. The highest BCUT2D eigenvalue weighted by Gasteiger charge is 2.21. The summed E-state index contributed by atoms with van der Waals surface area (Å²) in [5.41, 5.74) is 1.22. The molecule has 132 valence electrons. The van der Waals surface area contributed by atoms with Gasteiger partial charge in [0.2, 0.25) is 0 Å². The molecule has 1 saturated heterocycles. The minimum atomic E-state index is 0.301. The lowest BCUT2D eigenvalue weighted by molar-refractivity contribution is 0.102. The molecule has 0 radical (unpaired) electrons. The Balaban J connectivity index is 1.31. The molecule has 1 fully saturated rings. The number of benzene rings is 1. The van der Waals surface area contributed by atoms with Crippen molar-refractivity contribution in [2.75, 3.05) is 19.6 Å². The maximum atomic E-state index is 6.33. The average Bonchev–Trinajstić information content (AvgIpc) is 3.21. The Bertz CT molecular complexity index is 844. The van der Waals surface area contributed by atoms with Gasteiger partial charge in [-0.05, 0) is 31.0 Å². The second-order valence-electron chi connectivity index (χ2n) is 6.87. The van der Waals surface area contributed by atoms with Crippen LogP contribution in [0.25, 0.3) is 10.9 Å². The molecule has 1 aliphatic heterocycles. The van der Waals surface area contributed by atoms with Gasteiger partial charge in [0.05, 0.1) is 11.7 Å². The SMILES string of the molecule is Cc1ncc(CCN2CCC(Oc3cccc4c3ccn4C)CC2)o1. The van der Waals surface area contributed by atoms with E-state index in [1.165, 1.54) is 10.9 Å². The predicted octanol–water partition coefficient (Wildman–Crippen LogP) is 3.56. The highest BCUT2D eigenvalue weighted by Crippen LogP contribution is 2.28. The van der Waals surface area contributed by atoms with Crippen LogP contribution < -0.4 is 4.74 Å². The second kappa shape index (κ2) is 6.92. The number of aromatic nitrogens is 2. The van der Waals surface area contributed by atoms with Crippen LogP contribution in [0.3, 0.4) is 0 Å². The second-order valence-corrected chi connectivity index (χ2v) is 6.87. The number of rotatable bonds is 5. The minimum absolute atomic E-state index is 0.301. The van der Waals surface area contributed by atoms with Crippen LogP contribution in [0, 0.1) is 6.92 Å². The third-order valence-electron chi connectivity index (χ3n) is 5.06. The lowest BCUT2D eigenvalue weighted by Gasteiger charge is -2.32. The summed E-state index contributed by atoms with van der Waals surface area (Å²) in [5.74, 6) is 2.73. The molecule has 1 aromatic carbocycles. The third kappa shape index (κ3) is 3.56. The van der Waals surface area contributed by atoms with Crippen LogP contribution in [0.5, 0.6) is 5.75 Å². The van der Waals surface area contributed by atoms with Crippen molar-refractivity contribution in [2.24, 2.45) is 7.05 Å². The summed E-state index contributed by atoms with van der Waals surface area (Å²) in [7, 11) is 2.07. The Labute approximate surface area is 148 Å². The van der Waals surface area contributed by atoms with E-state index in [0.717, 1.165) is 56.3 Å². The molecule has 5 heteroatoms. The average molecular weight is 339 g/mol. The van der Waals surface area contributed by atoms with Gasteiger partial charge < -0.3 is 18.6 Å². The van der Waals surface area contributed by atoms with Crippen molar-refractivity contribution in [3.63, 3.8) is 0 Å². The molecule has 5 nitrogen and oxygen atoms in total. The van der Waals surface area contributed by atoms with Gasteiger partial charge in [0.25, 0.3) is 0 Å². The predicted molar refractivity (Wildman–Crippen MR) is 98.0 cm³/mol. The highest BCUT2D eigenvalue weighted by atomic mass is 16.5. The number of oxazole rings is 1. The van der Waals surface area contributed by atoms with Gasteiger partial charge >= 0.3 is 0 Å². The van der Waals surface area contributed by atoms with Gasteiger partial charge in [-0.15, -0.1) is 0 Å². The van der Waals surface area contributed by atoms with E-state index in [1.807, 2.05) is 13.1 Å². The van der Waals surface area contributed by atoms with Gasteiger partial charge in [-0.1, -0.05) is 6.07 Å². The fraction of sp³-hybridized carbons (Fsp3) is 0.450. The molecule has 0 atom stereocenters. The number of fused-ring (bicyclic) bond motifs is 1. The van der Waals surface area contributed by atoms with E-state index < -0.39 is 0 Å². The third-order valence-corrected chi connectivity index (χ3v) is 5.06. The van der Waals surface area contributed by atoms with E-state index in [-0.39, 0.29) is 0 Å². The Morgan fingerprint density at radius 3 is 2.84 bits per heavy atom. The summed E-state index contributed by atoms with van der Waals surface area (Å²) in [6.07, 6.45) is 7.29. The first-order valence-corrected chi connectivity index (χ1v) is 9.03. The molecule has 1 aliphatic rings. The van der Waals surface area contributed by atoms with Crippen molar-refractivity contribution in [3.8, 4) is 5.75 Å². The summed E-state index contributed by atoms with van der Waals surface area (Å²) in [5, 5.41) is 1.20. The normalized spacial score (nSPS) is 16.6. The number of hydrogen-bond donors (Lipinski definition) is 0. The summed E-state index contributed by atoms with van der Waals surface area (Å²) in [6.45, 7) is 5.06. The van der Waals surface area contributed by atoms with Crippen molar-refractivity contribution in [1.82, 2.24) is 14.5 Å². The van der Waals surface area contributed by atoms with E-state index in [2.05, 4.69) is 52.0 Å². The molecule has 3 aromatic rings. The smallest absolute Gasteiger partial charge is 0.191 e.